The van der Waals surface area contributed by atoms with Crippen molar-refractivity contribution < 1.29 is 8.83 Å². The van der Waals surface area contributed by atoms with Crippen molar-refractivity contribution in [3.63, 3.8) is 0 Å². The van der Waals surface area contributed by atoms with E-state index in [1.54, 1.807) is 22.7 Å². The van der Waals surface area contributed by atoms with Gasteiger partial charge in [0, 0.05) is 96.7 Å². The van der Waals surface area contributed by atoms with Gasteiger partial charge in [-0.3, -0.25) is 14.1 Å². The standard InChI is InChI=1S/C56H32N6OS.C44H24N6OS/c1-3-15-33(16-4-1)51-37-19-7-11-23-43(37)57-55(59-51)61-45-29-27-35(31-41(45)49-39-21-9-13-25-47(39)63-53(49)61)36-28-30-46-42(32-36)50-40-22-10-14-26-48(40)64-54(50)62(46)56-58-44-24-12-8-20-38(44)52(60-56)34-17-5-2-6-18-34;1-4-12-32-27(9-1)23-46-44(48-32)50-36-20-18-25(21-30(36)40-28-10-2-7-15-37(28)51-42(40)50)26-17-19-35-31(22-26)41-29-11-3-8-16-38(29)52-43(41)49(35)39-24-45-33-13-5-6-14-34(33)47-39/h1-32H;1-24H. The third kappa shape index (κ3) is 9.75. The zero-order valence-corrected chi connectivity index (χ0v) is 63.0. The molecule has 14 aromatic carbocycles. The van der Waals surface area contributed by atoms with Crippen molar-refractivity contribution in [3.8, 4) is 68.4 Å². The van der Waals surface area contributed by atoms with Gasteiger partial charge in [-0.2, -0.15) is 0 Å². The molecule has 116 heavy (non-hydrogen) atoms. The van der Waals surface area contributed by atoms with Crippen LogP contribution < -0.4 is 0 Å². The molecule has 0 aliphatic carbocycles. The number of nitrogens with zero attached hydrogens (tertiary/aromatic N) is 12. The van der Waals surface area contributed by atoms with Crippen LogP contribution in [0.1, 0.15) is 0 Å². The van der Waals surface area contributed by atoms with E-state index in [4.69, 9.17) is 48.7 Å². The van der Waals surface area contributed by atoms with Crippen molar-refractivity contribution in [2.24, 2.45) is 0 Å². The molecule has 26 aromatic rings. The topological polar surface area (TPSA) is 149 Å². The number of thiophene rings is 2. The number of fused-ring (bicyclic) bond motifs is 24. The third-order valence-electron chi connectivity index (χ3n) is 22.8. The van der Waals surface area contributed by atoms with Gasteiger partial charge in [-0.1, -0.05) is 224 Å². The van der Waals surface area contributed by atoms with E-state index in [0.29, 0.717) is 23.6 Å². The second kappa shape index (κ2) is 25.1. The average Bonchev–Trinajstić information content (AvgIpc) is 1.57. The van der Waals surface area contributed by atoms with Gasteiger partial charge in [-0.15, -0.1) is 22.7 Å². The van der Waals surface area contributed by atoms with Crippen LogP contribution in [0.5, 0.6) is 0 Å². The van der Waals surface area contributed by atoms with Gasteiger partial charge in [0.1, 0.15) is 20.8 Å². The lowest BCUT2D eigenvalue weighted by Crippen LogP contribution is -2.03. The fraction of sp³-hybridized carbons (Fsp3) is 0. The summed E-state index contributed by atoms with van der Waals surface area (Å²) in [5.41, 5.74) is 20.0. The van der Waals surface area contributed by atoms with E-state index in [2.05, 4.69) is 231 Å². The van der Waals surface area contributed by atoms with E-state index in [-0.39, 0.29) is 0 Å². The van der Waals surface area contributed by atoms with E-state index in [1.165, 1.54) is 36.3 Å². The van der Waals surface area contributed by atoms with Crippen molar-refractivity contribution in [2.75, 3.05) is 0 Å². The summed E-state index contributed by atoms with van der Waals surface area (Å²) < 4.78 is 24.4. The molecule has 0 radical (unpaired) electrons. The Morgan fingerprint density at radius 3 is 1.16 bits per heavy atom. The highest BCUT2D eigenvalue weighted by molar-refractivity contribution is 7.26. The molecule has 0 unspecified atom stereocenters. The van der Waals surface area contributed by atoms with Crippen LogP contribution in [-0.4, -0.2) is 58.1 Å². The minimum absolute atomic E-state index is 0.560. The molecular formula is C100H56N12O2S2. The number of hydrogen-bond acceptors (Lipinski definition) is 12. The summed E-state index contributed by atoms with van der Waals surface area (Å²) in [4.78, 5) is 43.0. The summed E-state index contributed by atoms with van der Waals surface area (Å²) in [7, 11) is 0. The molecule has 0 aliphatic heterocycles. The first-order valence-corrected chi connectivity index (χ1v) is 40.1. The van der Waals surface area contributed by atoms with Gasteiger partial charge in [0.25, 0.3) is 0 Å². The zero-order chi connectivity index (χ0) is 75.8. The lowest BCUT2D eigenvalue weighted by Gasteiger charge is -2.12. The molecule has 0 aliphatic rings. The van der Waals surface area contributed by atoms with Crippen molar-refractivity contribution in [1.82, 2.24) is 58.1 Å². The summed E-state index contributed by atoms with van der Waals surface area (Å²) in [5.74, 6) is 2.60. The average molecular weight is 1520 g/mol. The number of hydrogen-bond donors (Lipinski definition) is 0. The smallest absolute Gasteiger partial charge is 0.238 e. The highest BCUT2D eigenvalue weighted by Crippen LogP contribution is 2.49. The molecule has 0 atom stereocenters. The van der Waals surface area contributed by atoms with Gasteiger partial charge in [0.2, 0.25) is 29.3 Å². The van der Waals surface area contributed by atoms with Crippen molar-refractivity contribution in [1.29, 1.82) is 0 Å². The Kier molecular flexibility index (Phi) is 13.9. The summed E-state index contributed by atoms with van der Waals surface area (Å²) >= 11 is 3.57. The Labute approximate surface area is 665 Å². The molecule has 12 heterocycles. The highest BCUT2D eigenvalue weighted by atomic mass is 32.1. The number of rotatable bonds is 8. The summed E-state index contributed by atoms with van der Waals surface area (Å²) in [6.07, 6.45) is 3.77. The molecule has 0 bridgehead atoms. The molecule has 14 nitrogen and oxygen atoms in total. The second-order valence-electron chi connectivity index (χ2n) is 29.3. The Morgan fingerprint density at radius 2 is 0.629 bits per heavy atom. The van der Waals surface area contributed by atoms with Gasteiger partial charge in [-0.05, 0) is 125 Å². The summed E-state index contributed by atoms with van der Waals surface area (Å²) in [6, 6.07) is 114. The van der Waals surface area contributed by atoms with Crippen LogP contribution in [0.25, 0.3) is 241 Å². The SMILES string of the molecule is c1ccc(-c2nc(-n3c4ccc(-c5ccc6c(c5)c5c7ccccc7sc5n6-c5nc(-c6ccccc6)c6ccccc6n5)cc4c4c5ccccc5oc43)nc3ccccc23)cc1.c1ccc2nc(-n3c4ccc(-c5ccc6c(c5)c5c7ccccc7sc5n6-c5cnc6ccccc6n5)cc4c4c5ccccc5oc43)ncc2c1. The maximum Gasteiger partial charge on any atom is 0.238 e. The normalized spacial score (nSPS) is 12.1. The third-order valence-corrected chi connectivity index (χ3v) is 25.1. The number of para-hydroxylation sites is 7. The quantitative estimate of drug-likeness (QED) is 0.144. The molecule has 0 saturated carbocycles. The lowest BCUT2D eigenvalue weighted by atomic mass is 10.00. The Bertz CT molecular complexity index is 8140. The van der Waals surface area contributed by atoms with Crippen molar-refractivity contribution in [2.45, 2.75) is 0 Å². The van der Waals surface area contributed by atoms with Gasteiger partial charge in [0.15, 0.2) is 5.82 Å². The van der Waals surface area contributed by atoms with Gasteiger partial charge >= 0.3 is 0 Å². The van der Waals surface area contributed by atoms with Crippen LogP contribution >= 0.6 is 22.7 Å². The first kappa shape index (κ1) is 64.3. The van der Waals surface area contributed by atoms with Gasteiger partial charge in [0.05, 0.1) is 78.0 Å². The van der Waals surface area contributed by atoms with Gasteiger partial charge < -0.3 is 8.83 Å². The lowest BCUT2D eigenvalue weighted by molar-refractivity contribution is 0.641. The van der Waals surface area contributed by atoms with E-state index >= 15 is 0 Å². The molecule has 0 fully saturated rings. The monoisotopic (exact) mass is 1520 g/mol. The summed E-state index contributed by atoms with van der Waals surface area (Å²) in [6.45, 7) is 0. The fourth-order valence-corrected chi connectivity index (χ4v) is 20.1. The van der Waals surface area contributed by atoms with Gasteiger partial charge in [-0.25, -0.2) is 44.0 Å². The number of benzene rings is 14. The Morgan fingerprint density at radius 1 is 0.241 bits per heavy atom. The maximum atomic E-state index is 6.74. The predicted molar refractivity (Wildman–Crippen MR) is 475 cm³/mol. The molecule has 0 amide bonds. The van der Waals surface area contributed by atoms with Crippen molar-refractivity contribution in [3.05, 3.63) is 340 Å². The first-order valence-electron chi connectivity index (χ1n) is 38.4. The zero-order valence-electron chi connectivity index (χ0n) is 61.3. The molecule has 26 rings (SSSR count). The number of furan rings is 2. The van der Waals surface area contributed by atoms with Crippen molar-refractivity contribution >= 4 is 195 Å². The Hall–Kier alpha value is -15.4. The van der Waals surface area contributed by atoms with Crippen LogP contribution in [0.15, 0.2) is 349 Å². The van der Waals surface area contributed by atoms with Crippen LogP contribution in [0.3, 0.4) is 0 Å². The first-order chi connectivity index (χ1) is 57.5. The maximum absolute atomic E-state index is 6.74. The molecule has 16 heteroatoms. The molecule has 540 valence electrons. The van der Waals surface area contributed by atoms with E-state index in [0.717, 1.165) is 181 Å². The largest absolute Gasteiger partial charge is 0.439 e. The predicted octanol–water partition coefficient (Wildman–Crippen LogP) is 26.1. The van der Waals surface area contributed by atoms with E-state index < -0.39 is 0 Å². The van der Waals surface area contributed by atoms with Crippen LogP contribution in [-0.2, 0) is 0 Å². The minimum Gasteiger partial charge on any atom is -0.439 e. The van der Waals surface area contributed by atoms with E-state index in [9.17, 15) is 0 Å². The fourth-order valence-electron chi connectivity index (χ4n) is 17.6. The second-order valence-corrected chi connectivity index (χ2v) is 31.4. The molecule has 0 N–H and O–H groups in total. The van der Waals surface area contributed by atoms with E-state index in [1.807, 2.05) is 128 Å². The van der Waals surface area contributed by atoms with Crippen LogP contribution in [0, 0.1) is 0 Å². The molecule has 0 spiro atoms. The molecule has 12 aromatic heterocycles. The van der Waals surface area contributed by atoms with Crippen LogP contribution in [0.4, 0.5) is 0 Å². The Balaban J connectivity index is 0.000000133. The minimum atomic E-state index is 0.560. The number of aromatic nitrogens is 12. The molecule has 0 saturated heterocycles. The summed E-state index contributed by atoms with van der Waals surface area (Å²) in [5, 5.41) is 16.6. The van der Waals surface area contributed by atoms with Crippen LogP contribution in [0.2, 0.25) is 0 Å². The highest BCUT2D eigenvalue weighted by Gasteiger charge is 2.28. The molecular weight excluding hydrogens is 1470 g/mol.